The Morgan fingerprint density at radius 1 is 1.03 bits per heavy atom. The molecule has 0 radical (unpaired) electrons. The van der Waals surface area contributed by atoms with Crippen molar-refractivity contribution in [3.8, 4) is 23.0 Å². The number of aryl methyl sites for hydroxylation is 1. The number of fused-ring (bicyclic) bond motifs is 4. The quantitative estimate of drug-likeness (QED) is 0.322. The smallest absolute Gasteiger partial charge is 0.231 e. The van der Waals surface area contributed by atoms with Crippen LogP contribution in [-0.2, 0) is 19.6 Å². The van der Waals surface area contributed by atoms with Crippen LogP contribution < -0.4 is 18.9 Å². The summed E-state index contributed by atoms with van der Waals surface area (Å²) in [6.45, 7) is 4.64. The molecule has 1 aromatic heterocycles. The van der Waals surface area contributed by atoms with Crippen LogP contribution in [0.4, 0.5) is 0 Å². The van der Waals surface area contributed by atoms with Crippen molar-refractivity contribution in [2.45, 2.75) is 26.6 Å². The van der Waals surface area contributed by atoms with Gasteiger partial charge in [0, 0.05) is 42.3 Å². The Kier molecular flexibility index (Phi) is 5.85. The Balaban J connectivity index is 1.29. The van der Waals surface area contributed by atoms with Crippen molar-refractivity contribution in [1.29, 1.82) is 0 Å². The fourth-order valence-corrected chi connectivity index (χ4v) is 5.14. The number of hydrogen-bond donors (Lipinski definition) is 0. The predicted molar refractivity (Wildman–Crippen MR) is 141 cm³/mol. The average molecular weight is 497 g/mol. The third kappa shape index (κ3) is 4.01. The molecule has 7 heteroatoms. The number of rotatable bonds is 6. The summed E-state index contributed by atoms with van der Waals surface area (Å²) in [4.78, 5) is 15.5. The highest BCUT2D eigenvalue weighted by Crippen LogP contribution is 2.42. The number of carbonyl (C=O) groups excluding carboxylic acids is 1. The number of ether oxygens (including phenoxy) is 4. The van der Waals surface area contributed by atoms with Crippen LogP contribution in [0.15, 0.2) is 66.6 Å². The summed E-state index contributed by atoms with van der Waals surface area (Å²) in [5.41, 5.74) is 4.63. The molecule has 3 aromatic carbocycles. The van der Waals surface area contributed by atoms with Crippen LogP contribution >= 0.6 is 0 Å². The summed E-state index contributed by atoms with van der Waals surface area (Å²) >= 11 is 0. The molecule has 2 aliphatic heterocycles. The molecule has 0 fully saturated rings. The molecular formula is C30H28N2O5. The largest absolute Gasteiger partial charge is 0.493 e. The molecule has 0 saturated carbocycles. The second-order valence-corrected chi connectivity index (χ2v) is 9.20. The molecule has 0 saturated heterocycles. The van der Waals surface area contributed by atoms with E-state index >= 15 is 0 Å². The predicted octanol–water partition coefficient (Wildman–Crippen LogP) is 5.65. The van der Waals surface area contributed by atoms with Crippen molar-refractivity contribution < 1.29 is 23.7 Å². The Hall–Kier alpha value is -4.23. The van der Waals surface area contributed by atoms with Crippen LogP contribution in [0.3, 0.4) is 0 Å². The third-order valence-electron chi connectivity index (χ3n) is 6.98. The topological polar surface area (TPSA) is 62.2 Å². The summed E-state index contributed by atoms with van der Waals surface area (Å²) in [5.74, 6) is 2.94. The first-order valence-electron chi connectivity index (χ1n) is 12.3. The van der Waals surface area contributed by atoms with Gasteiger partial charge in [-0.1, -0.05) is 24.3 Å². The first-order valence-corrected chi connectivity index (χ1v) is 12.3. The molecule has 6 rings (SSSR count). The number of hydrogen-bond acceptors (Lipinski definition) is 6. The van der Waals surface area contributed by atoms with Crippen LogP contribution in [-0.4, -0.2) is 36.2 Å². The number of ketones is 1. The molecular weight excluding hydrogens is 468 g/mol. The normalized spacial score (nSPS) is 15.9. The van der Waals surface area contributed by atoms with E-state index in [1.165, 1.54) is 0 Å². The molecule has 0 amide bonds. The zero-order valence-electron chi connectivity index (χ0n) is 21.1. The Labute approximate surface area is 215 Å². The van der Waals surface area contributed by atoms with Gasteiger partial charge in [-0.05, 0) is 48.9 Å². The number of allylic oxidation sites excluding steroid dienone is 1. The highest BCUT2D eigenvalue weighted by atomic mass is 16.5. The van der Waals surface area contributed by atoms with Crippen LogP contribution in [0.2, 0.25) is 0 Å². The fourth-order valence-electron chi connectivity index (χ4n) is 5.14. The van der Waals surface area contributed by atoms with Crippen molar-refractivity contribution in [3.05, 3.63) is 88.8 Å². The van der Waals surface area contributed by atoms with E-state index < -0.39 is 0 Å². The summed E-state index contributed by atoms with van der Waals surface area (Å²) < 4.78 is 25.3. The van der Waals surface area contributed by atoms with Crippen molar-refractivity contribution >= 4 is 22.8 Å². The van der Waals surface area contributed by atoms with Crippen molar-refractivity contribution in [1.82, 2.24) is 9.47 Å². The minimum absolute atomic E-state index is 0.108. The molecule has 188 valence electrons. The highest BCUT2D eigenvalue weighted by Gasteiger charge is 2.34. The maximum Gasteiger partial charge on any atom is 0.231 e. The van der Waals surface area contributed by atoms with Gasteiger partial charge in [0.2, 0.25) is 5.78 Å². The lowest BCUT2D eigenvalue weighted by Gasteiger charge is -2.29. The van der Waals surface area contributed by atoms with E-state index in [1.54, 1.807) is 20.3 Å². The molecule has 3 heterocycles. The lowest BCUT2D eigenvalue weighted by Crippen LogP contribution is -2.31. The number of aromatic nitrogens is 1. The van der Waals surface area contributed by atoms with Crippen molar-refractivity contribution in [3.63, 3.8) is 0 Å². The van der Waals surface area contributed by atoms with E-state index in [9.17, 15) is 4.79 Å². The minimum Gasteiger partial charge on any atom is -0.493 e. The van der Waals surface area contributed by atoms with Gasteiger partial charge in [0.05, 0.1) is 25.3 Å². The molecule has 0 aliphatic carbocycles. The molecule has 7 nitrogen and oxygen atoms in total. The molecule has 2 aliphatic rings. The SMILES string of the molecule is CCn1cc(/C=C2\Oc3c(ccc4c3CN(Cc3ccc(OC)c(OC)c3)CO4)C2=O)c2ccccc21. The summed E-state index contributed by atoms with van der Waals surface area (Å²) in [6.07, 6.45) is 3.93. The lowest BCUT2D eigenvalue weighted by atomic mass is 10.0. The van der Waals surface area contributed by atoms with E-state index in [2.05, 4.69) is 34.7 Å². The number of para-hydroxylation sites is 1. The monoisotopic (exact) mass is 496 g/mol. The summed E-state index contributed by atoms with van der Waals surface area (Å²) in [6, 6.07) is 17.8. The molecule has 0 atom stereocenters. The number of nitrogens with zero attached hydrogens (tertiary/aromatic N) is 2. The third-order valence-corrected chi connectivity index (χ3v) is 6.98. The number of benzene rings is 3. The second kappa shape index (κ2) is 9.33. The highest BCUT2D eigenvalue weighted by molar-refractivity contribution is 6.15. The van der Waals surface area contributed by atoms with Gasteiger partial charge in [-0.2, -0.15) is 0 Å². The summed E-state index contributed by atoms with van der Waals surface area (Å²) in [5, 5.41) is 1.09. The Bertz CT molecular complexity index is 1550. The van der Waals surface area contributed by atoms with Gasteiger partial charge in [0.1, 0.15) is 18.2 Å². The van der Waals surface area contributed by atoms with Gasteiger partial charge in [0.15, 0.2) is 17.3 Å². The van der Waals surface area contributed by atoms with Gasteiger partial charge in [0.25, 0.3) is 0 Å². The van der Waals surface area contributed by atoms with Crippen LogP contribution in [0, 0.1) is 0 Å². The van der Waals surface area contributed by atoms with Crippen molar-refractivity contribution in [2.75, 3.05) is 21.0 Å². The van der Waals surface area contributed by atoms with Gasteiger partial charge >= 0.3 is 0 Å². The van der Waals surface area contributed by atoms with Crippen LogP contribution in [0.1, 0.15) is 34.0 Å². The van der Waals surface area contributed by atoms with E-state index in [0.29, 0.717) is 48.4 Å². The standard InChI is InChI=1S/C30H28N2O5/c1-4-32-16-20(21-7-5-6-8-24(21)32)14-28-29(33)22-10-12-25-23(30(22)37-28)17-31(18-36-25)15-19-9-11-26(34-2)27(13-19)35-3/h5-14,16H,4,15,17-18H2,1-3H3/b28-14-. The zero-order valence-corrected chi connectivity index (χ0v) is 21.1. The van der Waals surface area contributed by atoms with Crippen molar-refractivity contribution in [2.24, 2.45) is 0 Å². The van der Waals surface area contributed by atoms with E-state index in [4.69, 9.17) is 18.9 Å². The van der Waals surface area contributed by atoms with Gasteiger partial charge in [-0.15, -0.1) is 0 Å². The molecule has 4 aromatic rings. The van der Waals surface area contributed by atoms with E-state index in [-0.39, 0.29) is 5.78 Å². The number of Topliss-reactive ketones (excluding diaryl/α,β-unsaturated/α-hetero) is 1. The average Bonchev–Trinajstić information content (AvgIpc) is 3.46. The second-order valence-electron chi connectivity index (χ2n) is 9.20. The maximum atomic E-state index is 13.3. The molecule has 37 heavy (non-hydrogen) atoms. The summed E-state index contributed by atoms with van der Waals surface area (Å²) in [7, 11) is 3.25. The van der Waals surface area contributed by atoms with Crippen LogP contribution in [0.5, 0.6) is 23.0 Å². The van der Waals surface area contributed by atoms with Crippen LogP contribution in [0.25, 0.3) is 17.0 Å². The minimum atomic E-state index is -0.108. The molecule has 0 N–H and O–H groups in total. The first-order chi connectivity index (χ1) is 18.1. The lowest BCUT2D eigenvalue weighted by molar-refractivity contribution is 0.0872. The van der Waals surface area contributed by atoms with Gasteiger partial charge < -0.3 is 23.5 Å². The Morgan fingerprint density at radius 2 is 1.86 bits per heavy atom. The molecule has 0 unspecified atom stereocenters. The van der Waals surface area contributed by atoms with E-state index in [0.717, 1.165) is 39.9 Å². The number of methoxy groups -OCH3 is 2. The first kappa shape index (κ1) is 23.2. The fraction of sp³-hybridized carbons (Fsp3) is 0.233. The zero-order chi connectivity index (χ0) is 25.5. The van der Waals surface area contributed by atoms with Gasteiger partial charge in [-0.25, -0.2) is 0 Å². The van der Waals surface area contributed by atoms with E-state index in [1.807, 2.05) is 42.5 Å². The maximum absolute atomic E-state index is 13.3. The molecule has 0 bridgehead atoms. The van der Waals surface area contributed by atoms with Gasteiger partial charge in [-0.3, -0.25) is 9.69 Å². The number of carbonyl (C=O) groups is 1. The Morgan fingerprint density at radius 3 is 2.68 bits per heavy atom. The molecule has 0 spiro atoms.